The maximum atomic E-state index is 12.7. The summed E-state index contributed by atoms with van der Waals surface area (Å²) in [6.45, 7) is 0. The van der Waals surface area contributed by atoms with Crippen LogP contribution in [0.2, 0.25) is 0 Å². The van der Waals surface area contributed by atoms with Crippen LogP contribution in [0.25, 0.3) is 0 Å². The molecular formula is C28H48N2O4. The van der Waals surface area contributed by atoms with Crippen molar-refractivity contribution in [3.05, 3.63) is 0 Å². The molecule has 34 heavy (non-hydrogen) atoms. The average Bonchev–Trinajstić information content (AvgIpc) is 3.01. The Hall–Kier alpha value is -1.59. The molecule has 0 aromatic heterocycles. The lowest BCUT2D eigenvalue weighted by Gasteiger charge is -2.27. The lowest BCUT2D eigenvalue weighted by molar-refractivity contribution is -0.142. The number of hydrogen-bond donors (Lipinski definition) is 3. The molecule has 0 atom stereocenters. The number of carbonyl (C=O) groups is 3. The first-order chi connectivity index (χ1) is 16.5. The third-order valence-corrected chi connectivity index (χ3v) is 8.54. The first kappa shape index (κ1) is 27.0. The van der Waals surface area contributed by atoms with Crippen molar-refractivity contribution in [3.63, 3.8) is 0 Å². The highest BCUT2D eigenvalue weighted by Gasteiger charge is 2.25. The van der Waals surface area contributed by atoms with E-state index in [0.717, 1.165) is 77.0 Å². The topological polar surface area (TPSA) is 95.5 Å². The fourth-order valence-electron chi connectivity index (χ4n) is 6.51. The van der Waals surface area contributed by atoms with Crippen LogP contribution in [-0.4, -0.2) is 35.0 Å². The van der Waals surface area contributed by atoms with Crippen LogP contribution in [0.4, 0.5) is 0 Å². The van der Waals surface area contributed by atoms with E-state index in [1.807, 2.05) is 0 Å². The largest absolute Gasteiger partial charge is 0.481 e. The molecule has 0 saturated heterocycles. The normalized spacial score (nSPS) is 30.0. The molecule has 0 radical (unpaired) electrons. The molecule has 0 bridgehead atoms. The van der Waals surface area contributed by atoms with Crippen molar-refractivity contribution in [2.24, 2.45) is 17.8 Å². The van der Waals surface area contributed by atoms with Gasteiger partial charge in [-0.2, -0.15) is 0 Å². The number of hydrogen-bond acceptors (Lipinski definition) is 3. The molecule has 0 aliphatic heterocycles. The summed E-state index contributed by atoms with van der Waals surface area (Å²) in [5.41, 5.74) is 0. The molecule has 3 rings (SSSR count). The van der Waals surface area contributed by atoms with Gasteiger partial charge in [-0.25, -0.2) is 0 Å². The minimum absolute atomic E-state index is 0.166. The summed E-state index contributed by atoms with van der Waals surface area (Å²) in [6, 6.07) is 0.501. The maximum Gasteiger partial charge on any atom is 0.306 e. The quantitative estimate of drug-likeness (QED) is 0.409. The standard InChI is InChI=1S/C28H48N2O4/c31-26(19-21-9-3-1-2-4-10-21)29-24-15-5-11-22(12-6-16-24)20-27(32)30-25-17-7-13-23(28(33)34)14-8-18-25/h21-25H,1-20H2,(H,29,31)(H,30,32)(H,33,34). The van der Waals surface area contributed by atoms with Gasteiger partial charge in [0.25, 0.3) is 0 Å². The van der Waals surface area contributed by atoms with Crippen LogP contribution in [0.1, 0.15) is 128 Å². The molecule has 6 heteroatoms. The van der Waals surface area contributed by atoms with E-state index in [0.29, 0.717) is 30.7 Å². The van der Waals surface area contributed by atoms with E-state index in [1.165, 1.54) is 38.5 Å². The van der Waals surface area contributed by atoms with Crippen molar-refractivity contribution < 1.29 is 19.5 Å². The Morgan fingerprint density at radius 1 is 0.529 bits per heavy atom. The molecule has 0 spiro atoms. The van der Waals surface area contributed by atoms with Gasteiger partial charge in [0, 0.05) is 24.9 Å². The average molecular weight is 477 g/mol. The predicted molar refractivity (Wildman–Crippen MR) is 134 cm³/mol. The highest BCUT2D eigenvalue weighted by Crippen LogP contribution is 2.28. The fourth-order valence-corrected chi connectivity index (χ4v) is 6.51. The van der Waals surface area contributed by atoms with Crippen molar-refractivity contribution in [1.29, 1.82) is 0 Å². The van der Waals surface area contributed by atoms with Gasteiger partial charge in [0.15, 0.2) is 0 Å². The molecule has 3 aliphatic rings. The van der Waals surface area contributed by atoms with Crippen molar-refractivity contribution in [3.8, 4) is 0 Å². The zero-order valence-electron chi connectivity index (χ0n) is 21.2. The van der Waals surface area contributed by atoms with Gasteiger partial charge in [0.1, 0.15) is 0 Å². The lowest BCUT2D eigenvalue weighted by atomic mass is 9.86. The summed E-state index contributed by atoms with van der Waals surface area (Å²) in [5, 5.41) is 15.8. The predicted octanol–water partition coefficient (Wildman–Crippen LogP) is 5.73. The second-order valence-electron chi connectivity index (χ2n) is 11.4. The van der Waals surface area contributed by atoms with Gasteiger partial charge in [-0.1, -0.05) is 51.4 Å². The van der Waals surface area contributed by atoms with Crippen LogP contribution >= 0.6 is 0 Å². The van der Waals surface area contributed by atoms with Gasteiger partial charge < -0.3 is 15.7 Å². The number of carbonyl (C=O) groups excluding carboxylic acids is 2. The minimum Gasteiger partial charge on any atom is -0.481 e. The van der Waals surface area contributed by atoms with Crippen LogP contribution in [-0.2, 0) is 14.4 Å². The summed E-state index contributed by atoms with van der Waals surface area (Å²) in [4.78, 5) is 36.5. The smallest absolute Gasteiger partial charge is 0.306 e. The van der Waals surface area contributed by atoms with Gasteiger partial charge in [0.05, 0.1) is 5.92 Å². The highest BCUT2D eigenvalue weighted by molar-refractivity contribution is 5.77. The lowest BCUT2D eigenvalue weighted by Crippen LogP contribution is -2.38. The number of amides is 2. The van der Waals surface area contributed by atoms with E-state index in [1.54, 1.807) is 0 Å². The number of carboxylic acids is 1. The molecule has 0 unspecified atom stereocenters. The molecular weight excluding hydrogens is 428 g/mol. The van der Waals surface area contributed by atoms with E-state index in [-0.39, 0.29) is 23.8 Å². The van der Waals surface area contributed by atoms with Crippen LogP contribution in [0.15, 0.2) is 0 Å². The molecule has 3 saturated carbocycles. The van der Waals surface area contributed by atoms with Crippen molar-refractivity contribution in [1.82, 2.24) is 10.6 Å². The van der Waals surface area contributed by atoms with Gasteiger partial charge in [0.2, 0.25) is 11.8 Å². The molecule has 2 amide bonds. The summed E-state index contributed by atoms with van der Waals surface area (Å²) in [6.07, 6.45) is 20.3. The monoisotopic (exact) mass is 476 g/mol. The summed E-state index contributed by atoms with van der Waals surface area (Å²) < 4.78 is 0. The molecule has 3 N–H and O–H groups in total. The zero-order valence-corrected chi connectivity index (χ0v) is 21.2. The first-order valence-corrected chi connectivity index (χ1v) is 14.3. The van der Waals surface area contributed by atoms with Gasteiger partial charge >= 0.3 is 5.97 Å². The number of carboxylic acid groups (broad SMARTS) is 1. The number of aliphatic carboxylic acids is 1. The van der Waals surface area contributed by atoms with Crippen molar-refractivity contribution in [2.75, 3.05) is 0 Å². The van der Waals surface area contributed by atoms with Crippen LogP contribution in [0.5, 0.6) is 0 Å². The third-order valence-electron chi connectivity index (χ3n) is 8.54. The van der Waals surface area contributed by atoms with E-state index >= 15 is 0 Å². The fraction of sp³-hybridized carbons (Fsp3) is 0.893. The summed E-state index contributed by atoms with van der Waals surface area (Å²) in [7, 11) is 0. The zero-order chi connectivity index (χ0) is 24.2. The van der Waals surface area contributed by atoms with E-state index < -0.39 is 5.97 Å². The van der Waals surface area contributed by atoms with Gasteiger partial charge in [-0.05, 0) is 76.0 Å². The minimum atomic E-state index is -0.673. The third kappa shape index (κ3) is 9.95. The van der Waals surface area contributed by atoms with Crippen LogP contribution in [0, 0.1) is 17.8 Å². The van der Waals surface area contributed by atoms with Gasteiger partial charge in [-0.15, -0.1) is 0 Å². The second kappa shape index (κ2) is 14.7. The van der Waals surface area contributed by atoms with Crippen molar-refractivity contribution >= 4 is 17.8 Å². The maximum absolute atomic E-state index is 12.7. The Bertz CT molecular complexity index is 624. The first-order valence-electron chi connectivity index (χ1n) is 14.3. The molecule has 0 aromatic carbocycles. The Morgan fingerprint density at radius 3 is 1.32 bits per heavy atom. The Labute approximate surface area is 206 Å². The molecule has 0 heterocycles. The molecule has 194 valence electrons. The number of rotatable bonds is 7. The van der Waals surface area contributed by atoms with Crippen molar-refractivity contribution in [2.45, 2.75) is 141 Å². The molecule has 3 fully saturated rings. The summed E-state index contributed by atoms with van der Waals surface area (Å²) in [5.74, 6) is 0.551. The van der Waals surface area contributed by atoms with Crippen LogP contribution < -0.4 is 10.6 Å². The number of nitrogens with one attached hydrogen (secondary N) is 2. The molecule has 0 aromatic rings. The Morgan fingerprint density at radius 2 is 0.912 bits per heavy atom. The summed E-state index contributed by atoms with van der Waals surface area (Å²) >= 11 is 0. The van der Waals surface area contributed by atoms with E-state index in [2.05, 4.69) is 10.6 Å². The molecule has 6 nitrogen and oxygen atoms in total. The Balaban J connectivity index is 1.32. The molecule has 3 aliphatic carbocycles. The second-order valence-corrected chi connectivity index (χ2v) is 11.4. The van der Waals surface area contributed by atoms with E-state index in [4.69, 9.17) is 0 Å². The SMILES string of the molecule is O=C(CC1CCCCCC1)NC1CCCC(CC(=O)NC2CCCC(C(=O)O)CCC2)CCC1. The van der Waals surface area contributed by atoms with Gasteiger partial charge in [-0.3, -0.25) is 14.4 Å². The Kier molecular flexibility index (Phi) is 11.7. The van der Waals surface area contributed by atoms with Crippen LogP contribution in [0.3, 0.4) is 0 Å². The highest BCUT2D eigenvalue weighted by atomic mass is 16.4. The van der Waals surface area contributed by atoms with E-state index in [9.17, 15) is 19.5 Å².